The van der Waals surface area contributed by atoms with Gasteiger partial charge in [0.15, 0.2) is 5.57 Å². The van der Waals surface area contributed by atoms with Gasteiger partial charge in [-0.15, -0.1) is 0 Å². The van der Waals surface area contributed by atoms with Crippen LogP contribution in [0.2, 0.25) is 0 Å². The lowest BCUT2D eigenvalue weighted by molar-refractivity contribution is -0.135. The number of esters is 1. The van der Waals surface area contributed by atoms with Gasteiger partial charge in [0.1, 0.15) is 17.4 Å². The van der Waals surface area contributed by atoms with Gasteiger partial charge in [-0.3, -0.25) is 0 Å². The number of carbonyl (C=O) groups excluding carboxylic acids is 2. The normalized spacial score (nSPS) is 12.0. The fourth-order valence-corrected chi connectivity index (χ4v) is 1.04. The molecular weight excluding hydrogens is 252 g/mol. The summed E-state index contributed by atoms with van der Waals surface area (Å²) in [6, 6.07) is 1.52. The van der Waals surface area contributed by atoms with Crippen LogP contribution in [-0.4, -0.2) is 48.4 Å². The van der Waals surface area contributed by atoms with E-state index in [1.54, 1.807) is 20.8 Å². The number of ether oxygens (including phenoxy) is 2. The van der Waals surface area contributed by atoms with Gasteiger partial charge >= 0.3 is 12.1 Å². The van der Waals surface area contributed by atoms with Crippen molar-refractivity contribution in [3.05, 3.63) is 11.3 Å². The molecule has 0 radical (unpaired) electrons. The number of carbonyl (C=O) groups is 2. The third-order valence-electron chi connectivity index (χ3n) is 1.88. The highest BCUT2D eigenvalue weighted by molar-refractivity contribution is 5.93. The number of hydrogen-bond donors (Lipinski definition) is 1. The van der Waals surface area contributed by atoms with Gasteiger partial charge in [-0.25, -0.2) is 9.59 Å². The van der Waals surface area contributed by atoms with Crippen molar-refractivity contribution in [2.45, 2.75) is 26.4 Å². The van der Waals surface area contributed by atoms with Gasteiger partial charge in [0.05, 0.1) is 13.7 Å². The first-order valence-electron chi connectivity index (χ1n) is 5.47. The van der Waals surface area contributed by atoms with Crippen molar-refractivity contribution in [2.24, 2.45) is 0 Å². The Morgan fingerprint density at radius 2 is 1.89 bits per heavy atom. The van der Waals surface area contributed by atoms with Gasteiger partial charge in [0, 0.05) is 7.05 Å². The molecule has 0 aliphatic rings. The number of likely N-dealkylation sites (N-methyl/N-ethyl adjacent to an activating group) is 1. The Bertz CT molecular complexity index is 428. The molecule has 0 atom stereocenters. The van der Waals surface area contributed by atoms with E-state index in [0.717, 1.165) is 12.0 Å². The molecule has 0 fully saturated rings. The van der Waals surface area contributed by atoms with Crippen molar-refractivity contribution < 1.29 is 24.2 Å². The molecule has 1 N–H and O–H groups in total. The van der Waals surface area contributed by atoms with Crippen molar-refractivity contribution in [3.63, 3.8) is 0 Å². The molecule has 0 aromatic heterocycles. The summed E-state index contributed by atoms with van der Waals surface area (Å²) < 4.78 is 9.39. The summed E-state index contributed by atoms with van der Waals surface area (Å²) in [7, 11) is 2.46. The molecule has 0 saturated carbocycles. The SMILES string of the molecule is COC(=O)/C(C#N)=C(\O)CN(C)C(=O)OC(C)(C)C. The summed E-state index contributed by atoms with van der Waals surface area (Å²) in [6.07, 6.45) is -0.679. The molecule has 0 heterocycles. The molecule has 19 heavy (non-hydrogen) atoms. The predicted molar refractivity (Wildman–Crippen MR) is 66.1 cm³/mol. The number of aliphatic hydroxyl groups excluding tert-OH is 1. The van der Waals surface area contributed by atoms with Crippen LogP contribution in [0.5, 0.6) is 0 Å². The molecule has 0 aliphatic heterocycles. The third kappa shape index (κ3) is 5.77. The van der Waals surface area contributed by atoms with Gasteiger partial charge in [0.25, 0.3) is 0 Å². The Labute approximate surface area is 112 Å². The highest BCUT2D eigenvalue weighted by Crippen LogP contribution is 2.11. The van der Waals surface area contributed by atoms with E-state index in [1.807, 2.05) is 0 Å². The van der Waals surface area contributed by atoms with Crippen LogP contribution in [0.4, 0.5) is 4.79 Å². The minimum absolute atomic E-state index is 0.326. The number of methoxy groups -OCH3 is 1. The molecule has 7 heteroatoms. The molecule has 0 aromatic rings. The lowest BCUT2D eigenvalue weighted by Crippen LogP contribution is -2.35. The summed E-state index contributed by atoms with van der Waals surface area (Å²) in [4.78, 5) is 23.8. The largest absolute Gasteiger partial charge is 0.509 e. The van der Waals surface area contributed by atoms with Crippen LogP contribution in [-0.2, 0) is 14.3 Å². The van der Waals surface area contributed by atoms with Gasteiger partial charge in [-0.05, 0) is 20.8 Å². The maximum Gasteiger partial charge on any atom is 0.410 e. The first-order valence-corrected chi connectivity index (χ1v) is 5.47. The summed E-state index contributed by atoms with van der Waals surface area (Å²) in [5, 5.41) is 18.4. The van der Waals surface area contributed by atoms with Gasteiger partial charge in [-0.1, -0.05) is 0 Å². The topological polar surface area (TPSA) is 99.9 Å². The molecule has 106 valence electrons. The summed E-state index contributed by atoms with van der Waals surface area (Å²) in [6.45, 7) is 4.77. The molecule has 0 spiro atoms. The molecule has 0 bridgehead atoms. The number of nitrogens with zero attached hydrogens (tertiary/aromatic N) is 2. The summed E-state index contributed by atoms with van der Waals surface area (Å²) >= 11 is 0. The molecule has 7 nitrogen and oxygen atoms in total. The Morgan fingerprint density at radius 3 is 2.26 bits per heavy atom. The Hall–Kier alpha value is -2.23. The molecular formula is C12H18N2O5. The van der Waals surface area contributed by atoms with Crippen molar-refractivity contribution in [3.8, 4) is 6.07 Å². The van der Waals surface area contributed by atoms with Crippen LogP contribution in [0.3, 0.4) is 0 Å². The lowest BCUT2D eigenvalue weighted by Gasteiger charge is -2.24. The Morgan fingerprint density at radius 1 is 1.37 bits per heavy atom. The second-order valence-corrected chi connectivity index (χ2v) is 4.76. The Kier molecular flexibility index (Phi) is 5.86. The maximum absolute atomic E-state index is 11.6. The maximum atomic E-state index is 11.6. The first-order chi connectivity index (χ1) is 8.62. The smallest absolute Gasteiger partial charge is 0.410 e. The standard InChI is InChI=1S/C12H18N2O5/c1-12(2,3)19-11(17)14(4)7-9(15)8(6-13)10(16)18-5/h15H,7H2,1-5H3/b9-8-. The highest BCUT2D eigenvalue weighted by atomic mass is 16.6. The molecule has 0 saturated heterocycles. The average molecular weight is 270 g/mol. The zero-order valence-electron chi connectivity index (χ0n) is 11.7. The quantitative estimate of drug-likeness (QED) is 0.360. The van der Waals surface area contributed by atoms with Crippen LogP contribution < -0.4 is 0 Å². The van der Waals surface area contributed by atoms with Crippen LogP contribution in [0, 0.1) is 11.3 Å². The molecule has 0 unspecified atom stereocenters. The molecule has 0 aliphatic carbocycles. The van der Waals surface area contributed by atoms with E-state index in [1.165, 1.54) is 13.1 Å². The van der Waals surface area contributed by atoms with Crippen LogP contribution >= 0.6 is 0 Å². The van der Waals surface area contributed by atoms with Crippen molar-refractivity contribution >= 4 is 12.1 Å². The summed E-state index contributed by atoms with van der Waals surface area (Å²) in [5.74, 6) is -1.51. The fourth-order valence-electron chi connectivity index (χ4n) is 1.04. The van der Waals surface area contributed by atoms with E-state index < -0.39 is 29.0 Å². The molecule has 0 rings (SSSR count). The van der Waals surface area contributed by atoms with E-state index in [2.05, 4.69) is 4.74 Å². The predicted octanol–water partition coefficient (Wildman–Crippen LogP) is 1.36. The molecule has 1 amide bonds. The van der Waals surface area contributed by atoms with Gasteiger partial charge in [0.2, 0.25) is 0 Å². The van der Waals surface area contributed by atoms with E-state index in [9.17, 15) is 14.7 Å². The van der Waals surface area contributed by atoms with Crippen LogP contribution in [0.1, 0.15) is 20.8 Å². The first kappa shape index (κ1) is 16.8. The van der Waals surface area contributed by atoms with Crippen molar-refractivity contribution in [1.82, 2.24) is 4.90 Å². The fraction of sp³-hybridized carbons (Fsp3) is 0.583. The monoisotopic (exact) mass is 270 g/mol. The zero-order chi connectivity index (χ0) is 15.2. The van der Waals surface area contributed by atoms with E-state index in [-0.39, 0.29) is 6.54 Å². The third-order valence-corrected chi connectivity index (χ3v) is 1.88. The second-order valence-electron chi connectivity index (χ2n) is 4.76. The van der Waals surface area contributed by atoms with Crippen molar-refractivity contribution in [1.29, 1.82) is 5.26 Å². The van der Waals surface area contributed by atoms with E-state index >= 15 is 0 Å². The van der Waals surface area contributed by atoms with Gasteiger partial charge < -0.3 is 19.5 Å². The summed E-state index contributed by atoms with van der Waals surface area (Å²) in [5.41, 5.74) is -1.22. The van der Waals surface area contributed by atoms with E-state index in [0.29, 0.717) is 0 Å². The minimum atomic E-state index is -0.961. The van der Waals surface area contributed by atoms with Crippen LogP contribution in [0.25, 0.3) is 0 Å². The number of aliphatic hydroxyl groups is 1. The van der Waals surface area contributed by atoms with E-state index in [4.69, 9.17) is 10.00 Å². The lowest BCUT2D eigenvalue weighted by atomic mass is 10.2. The number of rotatable bonds is 3. The minimum Gasteiger partial charge on any atom is -0.509 e. The highest BCUT2D eigenvalue weighted by Gasteiger charge is 2.22. The number of hydrogen-bond acceptors (Lipinski definition) is 6. The zero-order valence-corrected chi connectivity index (χ0v) is 11.7. The van der Waals surface area contributed by atoms with Crippen molar-refractivity contribution in [2.75, 3.05) is 20.7 Å². The molecule has 0 aromatic carbocycles. The van der Waals surface area contributed by atoms with Crippen LogP contribution in [0.15, 0.2) is 11.3 Å². The van der Waals surface area contributed by atoms with Gasteiger partial charge in [-0.2, -0.15) is 5.26 Å². The number of nitriles is 1. The average Bonchev–Trinajstić information content (AvgIpc) is 2.27. The second kappa shape index (κ2) is 6.64. The number of amides is 1. The Balaban J connectivity index is 4.85.